The van der Waals surface area contributed by atoms with Crippen LogP contribution in [0.1, 0.15) is 34.8 Å². The number of nitrogens with zero attached hydrogens (tertiary/aromatic N) is 2. The highest BCUT2D eigenvalue weighted by atomic mass is 19.3. The molecule has 3 amide bonds. The molecule has 2 aromatic rings. The molecule has 1 saturated heterocycles. The molecule has 0 bridgehead atoms. The van der Waals surface area contributed by atoms with Gasteiger partial charge in [0.1, 0.15) is 0 Å². The predicted molar refractivity (Wildman–Crippen MR) is 102 cm³/mol. The minimum absolute atomic E-state index is 0.0609. The summed E-state index contributed by atoms with van der Waals surface area (Å²) in [6.07, 6.45) is 2.27. The van der Waals surface area contributed by atoms with Crippen LogP contribution in [0.3, 0.4) is 0 Å². The van der Waals surface area contributed by atoms with Gasteiger partial charge in [-0.15, -0.1) is 0 Å². The normalized spacial score (nSPS) is 18.8. The SMILES string of the molecule is NC(=O)c1cncc(NC(=O)C(=O)N2CC(OC(F)F)CC[C@@H]2c2ccccc2)c1. The summed E-state index contributed by atoms with van der Waals surface area (Å²) in [5.41, 5.74) is 6.14. The van der Waals surface area contributed by atoms with Gasteiger partial charge in [-0.1, -0.05) is 30.3 Å². The number of primary amides is 1. The molecule has 0 saturated carbocycles. The summed E-state index contributed by atoms with van der Waals surface area (Å²) in [4.78, 5) is 41.7. The molecule has 2 heterocycles. The molecule has 1 aliphatic heterocycles. The van der Waals surface area contributed by atoms with Gasteiger partial charge in [0, 0.05) is 12.7 Å². The summed E-state index contributed by atoms with van der Waals surface area (Å²) in [7, 11) is 0. The Hall–Kier alpha value is -3.40. The summed E-state index contributed by atoms with van der Waals surface area (Å²) in [6, 6.07) is 9.83. The molecule has 1 aromatic carbocycles. The van der Waals surface area contributed by atoms with Gasteiger partial charge in [0.05, 0.1) is 29.6 Å². The van der Waals surface area contributed by atoms with Gasteiger partial charge in [0.2, 0.25) is 5.91 Å². The van der Waals surface area contributed by atoms with Crippen LogP contribution in [-0.2, 0) is 14.3 Å². The molecule has 158 valence electrons. The van der Waals surface area contributed by atoms with Gasteiger partial charge in [-0.05, 0) is 24.5 Å². The molecule has 30 heavy (non-hydrogen) atoms. The molecule has 3 N–H and O–H groups in total. The van der Waals surface area contributed by atoms with Crippen molar-refractivity contribution in [2.24, 2.45) is 5.73 Å². The number of piperidine rings is 1. The maximum Gasteiger partial charge on any atom is 0.345 e. The second-order valence-corrected chi connectivity index (χ2v) is 6.76. The average molecular weight is 418 g/mol. The Labute approximate surface area is 171 Å². The van der Waals surface area contributed by atoms with Crippen molar-refractivity contribution in [2.75, 3.05) is 11.9 Å². The number of carbonyl (C=O) groups is 3. The third-order valence-corrected chi connectivity index (χ3v) is 4.75. The second-order valence-electron chi connectivity index (χ2n) is 6.76. The molecule has 1 fully saturated rings. The van der Waals surface area contributed by atoms with Gasteiger partial charge < -0.3 is 20.7 Å². The van der Waals surface area contributed by atoms with Crippen LogP contribution in [0, 0.1) is 0 Å². The summed E-state index contributed by atoms with van der Waals surface area (Å²) in [6.45, 7) is -3.13. The zero-order valence-corrected chi connectivity index (χ0v) is 15.8. The Bertz CT molecular complexity index is 926. The van der Waals surface area contributed by atoms with Gasteiger partial charge in [-0.2, -0.15) is 8.78 Å². The van der Waals surface area contributed by atoms with Crippen LogP contribution in [0.25, 0.3) is 0 Å². The maximum atomic E-state index is 12.9. The third-order valence-electron chi connectivity index (χ3n) is 4.75. The number of ether oxygens (including phenoxy) is 1. The lowest BCUT2D eigenvalue weighted by Crippen LogP contribution is -2.49. The lowest BCUT2D eigenvalue weighted by Gasteiger charge is -2.39. The summed E-state index contributed by atoms with van der Waals surface area (Å²) >= 11 is 0. The number of anilines is 1. The van der Waals surface area contributed by atoms with Crippen molar-refractivity contribution in [1.82, 2.24) is 9.88 Å². The minimum Gasteiger partial charge on any atom is -0.366 e. The zero-order chi connectivity index (χ0) is 21.7. The van der Waals surface area contributed by atoms with Crippen LogP contribution < -0.4 is 11.1 Å². The molecule has 2 atom stereocenters. The van der Waals surface area contributed by atoms with Crippen LogP contribution in [0.5, 0.6) is 0 Å². The molecule has 1 aromatic heterocycles. The van der Waals surface area contributed by atoms with E-state index < -0.39 is 36.5 Å². The van der Waals surface area contributed by atoms with E-state index in [9.17, 15) is 23.2 Å². The number of benzene rings is 1. The van der Waals surface area contributed by atoms with Crippen LogP contribution in [-0.4, -0.2) is 46.9 Å². The number of rotatable bonds is 5. The largest absolute Gasteiger partial charge is 0.366 e. The fourth-order valence-electron chi connectivity index (χ4n) is 3.40. The fourth-order valence-corrected chi connectivity index (χ4v) is 3.40. The highest BCUT2D eigenvalue weighted by molar-refractivity contribution is 6.39. The van der Waals surface area contributed by atoms with Gasteiger partial charge in [-0.3, -0.25) is 19.4 Å². The minimum atomic E-state index is -2.98. The van der Waals surface area contributed by atoms with Crippen molar-refractivity contribution in [3.05, 3.63) is 59.9 Å². The van der Waals surface area contributed by atoms with E-state index in [2.05, 4.69) is 15.0 Å². The smallest absolute Gasteiger partial charge is 0.345 e. The van der Waals surface area contributed by atoms with E-state index in [1.807, 2.05) is 6.07 Å². The Morgan fingerprint density at radius 1 is 1.17 bits per heavy atom. The van der Waals surface area contributed by atoms with Gasteiger partial charge in [-0.25, -0.2) is 0 Å². The van der Waals surface area contributed by atoms with Crippen molar-refractivity contribution in [3.8, 4) is 0 Å². The van der Waals surface area contributed by atoms with Crippen LogP contribution >= 0.6 is 0 Å². The third kappa shape index (κ3) is 5.15. The van der Waals surface area contributed by atoms with Crippen LogP contribution in [0.15, 0.2) is 48.8 Å². The molecule has 10 heteroatoms. The predicted octanol–water partition coefficient (Wildman–Crippen LogP) is 2.09. The number of carbonyl (C=O) groups excluding carboxylic acids is 3. The molecule has 3 rings (SSSR count). The second kappa shape index (κ2) is 9.40. The number of amides is 3. The Kier molecular flexibility index (Phi) is 6.68. The molecule has 0 radical (unpaired) electrons. The number of halogens is 2. The number of likely N-dealkylation sites (tertiary alicyclic amines) is 1. The highest BCUT2D eigenvalue weighted by Crippen LogP contribution is 2.32. The first-order valence-corrected chi connectivity index (χ1v) is 9.20. The van der Waals surface area contributed by atoms with Crippen molar-refractivity contribution in [2.45, 2.75) is 31.6 Å². The van der Waals surface area contributed by atoms with Gasteiger partial charge >= 0.3 is 18.4 Å². The Balaban J connectivity index is 1.80. The van der Waals surface area contributed by atoms with E-state index in [0.717, 1.165) is 5.56 Å². The Morgan fingerprint density at radius 3 is 2.57 bits per heavy atom. The highest BCUT2D eigenvalue weighted by Gasteiger charge is 2.36. The van der Waals surface area contributed by atoms with E-state index >= 15 is 0 Å². The monoisotopic (exact) mass is 418 g/mol. The number of hydrogen-bond acceptors (Lipinski definition) is 5. The zero-order valence-electron chi connectivity index (χ0n) is 15.8. The Morgan fingerprint density at radius 2 is 1.90 bits per heavy atom. The standard InChI is InChI=1S/C20H20F2N4O4/c21-20(22)30-15-6-7-16(12-4-2-1-3-5-12)26(11-15)19(29)18(28)25-14-8-13(17(23)27)9-24-10-14/h1-5,8-10,15-16,20H,6-7,11H2,(H2,23,27)(H,25,28)/t15?,16-/m1/s1. The lowest BCUT2D eigenvalue weighted by molar-refractivity contribution is -0.182. The van der Waals surface area contributed by atoms with Crippen molar-refractivity contribution in [3.63, 3.8) is 0 Å². The van der Waals surface area contributed by atoms with Crippen molar-refractivity contribution >= 4 is 23.4 Å². The topological polar surface area (TPSA) is 115 Å². The molecule has 0 spiro atoms. The molecule has 1 unspecified atom stereocenters. The summed E-state index contributed by atoms with van der Waals surface area (Å²) in [5, 5.41) is 2.37. The number of nitrogens with one attached hydrogen (secondary N) is 1. The number of aromatic nitrogens is 1. The van der Waals surface area contributed by atoms with E-state index in [1.165, 1.54) is 23.4 Å². The first kappa shape index (κ1) is 21.3. The van der Waals surface area contributed by atoms with Crippen LogP contribution in [0.4, 0.5) is 14.5 Å². The van der Waals surface area contributed by atoms with Gasteiger partial charge in [0.25, 0.3) is 0 Å². The molecule has 0 aliphatic carbocycles. The lowest BCUT2D eigenvalue weighted by atomic mass is 9.93. The van der Waals surface area contributed by atoms with E-state index in [-0.39, 0.29) is 17.8 Å². The summed E-state index contributed by atoms with van der Waals surface area (Å²) in [5.74, 6) is -2.63. The van der Waals surface area contributed by atoms with Crippen molar-refractivity contribution < 1.29 is 27.9 Å². The quantitative estimate of drug-likeness (QED) is 0.722. The maximum absolute atomic E-state index is 12.9. The first-order valence-electron chi connectivity index (χ1n) is 9.20. The van der Waals surface area contributed by atoms with E-state index in [1.54, 1.807) is 24.3 Å². The fraction of sp³-hybridized carbons (Fsp3) is 0.300. The number of pyridine rings is 1. The first-order chi connectivity index (χ1) is 14.3. The molecule has 8 nitrogen and oxygen atoms in total. The molecule has 1 aliphatic rings. The number of alkyl halides is 2. The van der Waals surface area contributed by atoms with Crippen LogP contribution in [0.2, 0.25) is 0 Å². The van der Waals surface area contributed by atoms with E-state index in [0.29, 0.717) is 12.8 Å². The van der Waals surface area contributed by atoms with E-state index in [4.69, 9.17) is 5.73 Å². The van der Waals surface area contributed by atoms with Gasteiger partial charge in [0.15, 0.2) is 0 Å². The number of hydrogen-bond donors (Lipinski definition) is 2. The average Bonchev–Trinajstić information content (AvgIpc) is 2.73. The summed E-state index contributed by atoms with van der Waals surface area (Å²) < 4.78 is 29.9. The molecular formula is C20H20F2N4O4. The van der Waals surface area contributed by atoms with Crippen molar-refractivity contribution in [1.29, 1.82) is 0 Å². The number of nitrogens with two attached hydrogens (primary N) is 1. The molecular weight excluding hydrogens is 398 g/mol.